The van der Waals surface area contributed by atoms with Crippen molar-refractivity contribution in [2.24, 2.45) is 17.8 Å². The molecule has 0 amide bonds. The van der Waals surface area contributed by atoms with Crippen molar-refractivity contribution in [3.05, 3.63) is 11.6 Å². The molecule has 3 unspecified atom stereocenters. The predicted molar refractivity (Wildman–Crippen MR) is 64.8 cm³/mol. The average molecular weight is 252 g/mol. The van der Waals surface area contributed by atoms with E-state index < -0.39 is 11.9 Å². The van der Waals surface area contributed by atoms with Crippen molar-refractivity contribution in [2.75, 3.05) is 13.2 Å². The van der Waals surface area contributed by atoms with Crippen molar-refractivity contribution in [3.8, 4) is 0 Å². The number of carbonyl (C=O) groups is 1. The second-order valence-corrected chi connectivity index (χ2v) is 5.78. The van der Waals surface area contributed by atoms with Gasteiger partial charge in [0.25, 0.3) is 0 Å². The van der Waals surface area contributed by atoms with Gasteiger partial charge in [-0.2, -0.15) is 0 Å². The van der Waals surface area contributed by atoms with Gasteiger partial charge >= 0.3 is 0 Å². The van der Waals surface area contributed by atoms with Crippen molar-refractivity contribution in [2.45, 2.75) is 38.6 Å². The summed E-state index contributed by atoms with van der Waals surface area (Å²) in [4.78, 5) is 11.8. The van der Waals surface area contributed by atoms with E-state index in [1.54, 1.807) is 6.08 Å². The number of hydrogen-bond donors (Lipinski definition) is 1. The Morgan fingerprint density at radius 3 is 2.67 bits per heavy atom. The Kier molecular flexibility index (Phi) is 2.84. The number of hydrogen-bond acceptors (Lipinski definition) is 4. The Labute approximate surface area is 107 Å². The van der Waals surface area contributed by atoms with E-state index in [-0.39, 0.29) is 17.6 Å². The topological polar surface area (TPSA) is 55.8 Å². The Balaban J connectivity index is 2.04. The Hall–Kier alpha value is -0.710. The molecular formula is C14H20O4. The molecule has 18 heavy (non-hydrogen) atoms. The number of aliphatic hydroxyl groups is 1. The van der Waals surface area contributed by atoms with E-state index in [2.05, 4.69) is 6.92 Å². The minimum atomic E-state index is -0.922. The van der Waals surface area contributed by atoms with Gasteiger partial charge in [-0.05, 0) is 18.4 Å². The van der Waals surface area contributed by atoms with E-state index in [1.165, 1.54) is 0 Å². The highest BCUT2D eigenvalue weighted by Gasteiger charge is 2.55. The fraction of sp³-hybridized carbons (Fsp3) is 0.786. The molecule has 4 atom stereocenters. The summed E-state index contributed by atoms with van der Waals surface area (Å²) in [5, 5.41) is 10.0. The monoisotopic (exact) mass is 252 g/mol. The van der Waals surface area contributed by atoms with Crippen LogP contribution in [0.2, 0.25) is 0 Å². The summed E-state index contributed by atoms with van der Waals surface area (Å²) in [6, 6.07) is 0. The fourth-order valence-corrected chi connectivity index (χ4v) is 3.72. The molecular weight excluding hydrogens is 232 g/mol. The van der Waals surface area contributed by atoms with Gasteiger partial charge < -0.3 is 14.6 Å². The first kappa shape index (κ1) is 12.3. The van der Waals surface area contributed by atoms with E-state index in [1.807, 2.05) is 6.92 Å². The summed E-state index contributed by atoms with van der Waals surface area (Å²) in [6.45, 7) is 5.27. The van der Waals surface area contributed by atoms with Crippen LogP contribution in [0.15, 0.2) is 11.6 Å². The van der Waals surface area contributed by atoms with Gasteiger partial charge in [0.2, 0.25) is 0 Å². The van der Waals surface area contributed by atoms with Gasteiger partial charge in [0.1, 0.15) is 6.10 Å². The molecule has 0 radical (unpaired) electrons. The van der Waals surface area contributed by atoms with Crippen LogP contribution in [0.25, 0.3) is 0 Å². The number of aliphatic hydroxyl groups excluding tert-OH is 1. The first-order chi connectivity index (χ1) is 8.55. The van der Waals surface area contributed by atoms with Crippen LogP contribution in [0.1, 0.15) is 26.7 Å². The zero-order chi connectivity index (χ0) is 12.9. The van der Waals surface area contributed by atoms with Crippen molar-refractivity contribution >= 4 is 5.78 Å². The Morgan fingerprint density at radius 2 is 2.00 bits per heavy atom. The van der Waals surface area contributed by atoms with E-state index in [4.69, 9.17) is 9.47 Å². The second kappa shape index (κ2) is 4.15. The van der Waals surface area contributed by atoms with Gasteiger partial charge in [-0.15, -0.1) is 0 Å². The van der Waals surface area contributed by atoms with Crippen LogP contribution in [0.5, 0.6) is 0 Å². The van der Waals surface area contributed by atoms with E-state index in [0.29, 0.717) is 19.1 Å². The summed E-state index contributed by atoms with van der Waals surface area (Å²) >= 11 is 0. The highest BCUT2D eigenvalue weighted by molar-refractivity contribution is 5.95. The summed E-state index contributed by atoms with van der Waals surface area (Å²) in [5.41, 5.74) is 1.10. The van der Waals surface area contributed by atoms with Crippen molar-refractivity contribution < 1.29 is 19.4 Å². The number of ketones is 1. The van der Waals surface area contributed by atoms with Gasteiger partial charge in [0.15, 0.2) is 11.6 Å². The zero-order valence-corrected chi connectivity index (χ0v) is 10.9. The molecule has 2 aliphatic carbocycles. The number of rotatable bonds is 0. The standard InChI is InChI=1S/C14H20O4/c1-8-3-4-14(17-5-6-18-14)12-9(2)13(16)11(15)7-10(8)12/h7-9,12-13,16H,3-6H2,1-2H3/t8?,9-,12?,13?/m1/s1. The Bertz CT molecular complexity index is 395. The smallest absolute Gasteiger partial charge is 0.184 e. The van der Waals surface area contributed by atoms with Crippen molar-refractivity contribution in [1.82, 2.24) is 0 Å². The lowest BCUT2D eigenvalue weighted by molar-refractivity contribution is -0.220. The molecule has 1 saturated carbocycles. The molecule has 3 rings (SSSR count). The minimum Gasteiger partial charge on any atom is -0.385 e. The molecule has 100 valence electrons. The lowest BCUT2D eigenvalue weighted by atomic mass is 9.64. The van der Waals surface area contributed by atoms with Gasteiger partial charge in [-0.25, -0.2) is 0 Å². The predicted octanol–water partition coefficient (Wildman–Crippen LogP) is 1.28. The number of fused-ring (bicyclic) bond motifs is 2. The van der Waals surface area contributed by atoms with Gasteiger partial charge in [-0.3, -0.25) is 4.79 Å². The van der Waals surface area contributed by atoms with Crippen LogP contribution < -0.4 is 0 Å². The molecule has 1 N–H and O–H groups in total. The molecule has 0 aromatic heterocycles. The molecule has 1 aliphatic heterocycles. The summed E-state index contributed by atoms with van der Waals surface area (Å²) in [5.74, 6) is -0.530. The van der Waals surface area contributed by atoms with Crippen LogP contribution in [0.4, 0.5) is 0 Å². The van der Waals surface area contributed by atoms with Crippen LogP contribution in [0, 0.1) is 17.8 Å². The summed E-state index contributed by atoms with van der Waals surface area (Å²) in [7, 11) is 0. The minimum absolute atomic E-state index is 0.0106. The molecule has 1 spiro atoms. The first-order valence-electron chi connectivity index (χ1n) is 6.76. The molecule has 4 nitrogen and oxygen atoms in total. The van der Waals surface area contributed by atoms with Gasteiger partial charge in [0, 0.05) is 18.3 Å². The summed E-state index contributed by atoms with van der Waals surface area (Å²) < 4.78 is 11.7. The van der Waals surface area contributed by atoms with E-state index in [0.717, 1.165) is 18.4 Å². The lowest BCUT2D eigenvalue weighted by Gasteiger charge is -2.48. The van der Waals surface area contributed by atoms with Crippen molar-refractivity contribution in [1.29, 1.82) is 0 Å². The van der Waals surface area contributed by atoms with Gasteiger partial charge in [0.05, 0.1) is 13.2 Å². The van der Waals surface area contributed by atoms with E-state index in [9.17, 15) is 9.90 Å². The molecule has 4 heteroatoms. The summed E-state index contributed by atoms with van der Waals surface area (Å²) in [6.07, 6.45) is 2.53. The normalized spacial score (nSPS) is 42.8. The van der Waals surface area contributed by atoms with Crippen molar-refractivity contribution in [3.63, 3.8) is 0 Å². The highest BCUT2D eigenvalue weighted by Crippen LogP contribution is 2.51. The number of carbonyl (C=O) groups excluding carboxylic acids is 1. The third-order valence-corrected chi connectivity index (χ3v) is 4.73. The highest BCUT2D eigenvalue weighted by atomic mass is 16.7. The average Bonchev–Trinajstić information content (AvgIpc) is 2.80. The van der Waals surface area contributed by atoms with Crippen LogP contribution in [0.3, 0.4) is 0 Å². The van der Waals surface area contributed by atoms with Crippen LogP contribution in [-0.4, -0.2) is 36.0 Å². The lowest BCUT2D eigenvalue weighted by Crippen LogP contribution is -2.53. The maximum atomic E-state index is 11.8. The molecule has 0 bridgehead atoms. The molecule has 0 aromatic rings. The van der Waals surface area contributed by atoms with Gasteiger partial charge in [-0.1, -0.05) is 19.4 Å². The molecule has 1 saturated heterocycles. The maximum absolute atomic E-state index is 11.8. The van der Waals surface area contributed by atoms with E-state index >= 15 is 0 Å². The SMILES string of the molecule is CC1CCC2(OCCO2)C2C1=CC(=O)C(O)[C@@H]2C. The third kappa shape index (κ3) is 1.59. The molecule has 1 heterocycles. The maximum Gasteiger partial charge on any atom is 0.184 e. The molecule has 0 aromatic carbocycles. The fourth-order valence-electron chi connectivity index (χ4n) is 3.72. The zero-order valence-electron chi connectivity index (χ0n) is 10.9. The Morgan fingerprint density at radius 1 is 1.33 bits per heavy atom. The third-order valence-electron chi connectivity index (χ3n) is 4.73. The molecule has 3 aliphatic rings. The van der Waals surface area contributed by atoms with Crippen LogP contribution >= 0.6 is 0 Å². The molecule has 2 fully saturated rings. The largest absolute Gasteiger partial charge is 0.385 e. The first-order valence-corrected chi connectivity index (χ1v) is 6.76. The van der Waals surface area contributed by atoms with Crippen LogP contribution in [-0.2, 0) is 14.3 Å². The number of ether oxygens (including phenoxy) is 2. The quantitative estimate of drug-likeness (QED) is 0.705. The second-order valence-electron chi connectivity index (χ2n) is 5.78.